The van der Waals surface area contributed by atoms with Crippen LogP contribution in [0.15, 0.2) is 4.99 Å². The molecule has 2 saturated carbocycles. The van der Waals surface area contributed by atoms with Gasteiger partial charge < -0.3 is 0 Å². The monoisotopic (exact) mass is 453 g/mol. The van der Waals surface area contributed by atoms with E-state index < -0.39 is 25.0 Å². The number of carbonyl (C=O) groups excluding carboxylic acids is 1. The second-order valence-corrected chi connectivity index (χ2v) is 12.8. The number of aliphatic imine (C=N–C) groups is 1. The van der Waals surface area contributed by atoms with Gasteiger partial charge in [0.15, 0.2) is 0 Å². The summed E-state index contributed by atoms with van der Waals surface area (Å²) in [7, 11) is -7.25. The molecule has 8 nitrogen and oxygen atoms in total. The van der Waals surface area contributed by atoms with Crippen molar-refractivity contribution >= 4 is 42.9 Å². The largest absolute Gasteiger partial charge is 0.271 e. The van der Waals surface area contributed by atoms with Crippen LogP contribution in [0.4, 0.5) is 0 Å². The van der Waals surface area contributed by atoms with Crippen LogP contribution in [0, 0.1) is 17.8 Å². The normalized spacial score (nSPS) is 29.4. The summed E-state index contributed by atoms with van der Waals surface area (Å²) in [6.07, 6.45) is 7.91. The van der Waals surface area contributed by atoms with Gasteiger partial charge in [-0.05, 0) is 56.3 Å². The van der Waals surface area contributed by atoms with Crippen molar-refractivity contribution in [2.45, 2.75) is 49.7 Å². The van der Waals surface area contributed by atoms with E-state index in [2.05, 4.69) is 4.99 Å². The maximum Gasteiger partial charge on any atom is 0.264 e. The molecule has 0 saturated heterocycles. The van der Waals surface area contributed by atoms with Gasteiger partial charge in [-0.15, -0.1) is 0 Å². The van der Waals surface area contributed by atoms with Crippen LogP contribution in [-0.4, -0.2) is 58.3 Å². The zero-order valence-corrected chi connectivity index (χ0v) is 18.6. The van der Waals surface area contributed by atoms with Crippen molar-refractivity contribution in [3.63, 3.8) is 0 Å². The van der Waals surface area contributed by atoms with Crippen molar-refractivity contribution in [2.75, 3.05) is 25.7 Å². The molecule has 0 spiro atoms. The summed E-state index contributed by atoms with van der Waals surface area (Å²) < 4.78 is 53.6. The first-order chi connectivity index (χ1) is 13.0. The van der Waals surface area contributed by atoms with E-state index in [0.717, 1.165) is 29.9 Å². The summed E-state index contributed by atoms with van der Waals surface area (Å²) in [5.74, 6) is 1.70. The van der Waals surface area contributed by atoms with Crippen molar-refractivity contribution in [1.82, 2.24) is 0 Å². The van der Waals surface area contributed by atoms with E-state index in [1.54, 1.807) is 0 Å². The lowest BCUT2D eigenvalue weighted by molar-refractivity contribution is -0.120. The molecule has 11 heteroatoms. The number of rotatable bonds is 10. The second-order valence-electron chi connectivity index (χ2n) is 8.10. The molecule has 0 aromatic rings. The van der Waals surface area contributed by atoms with Crippen LogP contribution in [0.2, 0.25) is 0 Å². The lowest BCUT2D eigenvalue weighted by atomic mass is 9.87. The predicted octanol–water partition coefficient (Wildman–Crippen LogP) is 1.96. The van der Waals surface area contributed by atoms with Crippen molar-refractivity contribution in [1.29, 1.82) is 0 Å². The Morgan fingerprint density at radius 2 is 1.64 bits per heavy atom. The quantitative estimate of drug-likeness (QED) is 0.461. The lowest BCUT2D eigenvalue weighted by Gasteiger charge is -2.26. The summed E-state index contributed by atoms with van der Waals surface area (Å²) in [5.41, 5.74) is 0. The fourth-order valence-corrected chi connectivity index (χ4v) is 6.75. The van der Waals surface area contributed by atoms with Gasteiger partial charge in [0.2, 0.25) is 0 Å². The minimum absolute atomic E-state index is 0.125. The molecule has 3 rings (SSSR count). The van der Waals surface area contributed by atoms with Crippen LogP contribution in [0.1, 0.15) is 44.9 Å². The average molecular weight is 454 g/mol. The minimum atomic E-state index is -3.63. The third-order valence-corrected chi connectivity index (χ3v) is 8.51. The summed E-state index contributed by atoms with van der Waals surface area (Å²) in [5, 5.41) is 0.765. The van der Waals surface area contributed by atoms with E-state index >= 15 is 0 Å². The van der Waals surface area contributed by atoms with Gasteiger partial charge in [0, 0.05) is 0 Å². The molecule has 1 heterocycles. The highest BCUT2D eigenvalue weighted by Crippen LogP contribution is 2.51. The molecular weight excluding hydrogens is 426 g/mol. The van der Waals surface area contributed by atoms with E-state index in [9.17, 15) is 21.6 Å². The van der Waals surface area contributed by atoms with Gasteiger partial charge >= 0.3 is 0 Å². The van der Waals surface area contributed by atoms with Gasteiger partial charge in [0.05, 0.1) is 30.8 Å². The molecule has 1 amide bonds. The molecule has 3 atom stereocenters. The first kappa shape index (κ1) is 22.2. The summed E-state index contributed by atoms with van der Waals surface area (Å²) in [6.45, 7) is -0.319. The second kappa shape index (κ2) is 8.33. The van der Waals surface area contributed by atoms with Crippen LogP contribution < -0.4 is 0 Å². The van der Waals surface area contributed by atoms with E-state index in [4.69, 9.17) is 8.37 Å². The average Bonchev–Trinajstić information content (AvgIpc) is 3.21. The number of amides is 1. The lowest BCUT2D eigenvalue weighted by Crippen LogP contribution is -2.35. The third kappa shape index (κ3) is 5.78. The van der Waals surface area contributed by atoms with Gasteiger partial charge in [-0.25, -0.2) is 4.99 Å². The standard InChI is InChI=1S/C17H27NO7S3/c1-27(20,21)24-7-5-17(6-8-25-28(2,22)23)16(19)18-15(26-17)11-14-10-12-3-4-13(14)9-12/h12-14H,3-11H2,1-2H3. The molecule has 3 unspecified atom stereocenters. The molecule has 0 N–H and O–H groups in total. The van der Waals surface area contributed by atoms with Crippen LogP contribution in [0.5, 0.6) is 0 Å². The summed E-state index contributed by atoms with van der Waals surface area (Å²) in [4.78, 5) is 17.0. The number of thioether (sulfide) groups is 1. The Labute approximate surface area is 171 Å². The molecular formula is C17H27NO7S3. The maximum absolute atomic E-state index is 12.7. The molecule has 3 aliphatic rings. The highest BCUT2D eigenvalue weighted by molar-refractivity contribution is 8.16. The topological polar surface area (TPSA) is 116 Å². The van der Waals surface area contributed by atoms with Gasteiger partial charge in [0.25, 0.3) is 26.1 Å². The van der Waals surface area contributed by atoms with Crippen molar-refractivity contribution in [2.24, 2.45) is 22.7 Å². The van der Waals surface area contributed by atoms with Gasteiger partial charge in [-0.2, -0.15) is 16.8 Å². The highest BCUT2D eigenvalue weighted by atomic mass is 32.2. The van der Waals surface area contributed by atoms with Gasteiger partial charge in [-0.1, -0.05) is 18.2 Å². The number of nitrogens with zero attached hydrogens (tertiary/aromatic N) is 1. The Morgan fingerprint density at radius 3 is 2.11 bits per heavy atom. The molecule has 2 bridgehead atoms. The Hall–Kier alpha value is -0.490. The Balaban J connectivity index is 1.64. The minimum Gasteiger partial charge on any atom is -0.271 e. The fraction of sp³-hybridized carbons (Fsp3) is 0.882. The molecule has 0 radical (unpaired) electrons. The number of hydrogen-bond donors (Lipinski definition) is 0. The van der Waals surface area contributed by atoms with Gasteiger partial charge in [-0.3, -0.25) is 13.2 Å². The van der Waals surface area contributed by atoms with Crippen molar-refractivity contribution < 1.29 is 30.0 Å². The first-order valence-electron chi connectivity index (χ1n) is 9.46. The van der Waals surface area contributed by atoms with E-state index in [-0.39, 0.29) is 32.0 Å². The summed E-state index contributed by atoms with van der Waals surface area (Å²) >= 11 is 1.33. The highest BCUT2D eigenvalue weighted by Gasteiger charge is 2.47. The molecule has 1 aliphatic heterocycles. The molecule has 2 fully saturated rings. The van der Waals surface area contributed by atoms with Crippen molar-refractivity contribution in [3.05, 3.63) is 0 Å². The number of fused-ring (bicyclic) bond motifs is 2. The smallest absolute Gasteiger partial charge is 0.264 e. The zero-order chi connectivity index (χ0) is 20.6. The van der Waals surface area contributed by atoms with E-state index in [1.807, 2.05) is 0 Å². The molecule has 160 valence electrons. The number of hydrogen-bond acceptors (Lipinski definition) is 8. The van der Waals surface area contributed by atoms with E-state index in [1.165, 1.54) is 37.4 Å². The molecule has 0 aromatic carbocycles. The molecule has 0 aromatic heterocycles. The van der Waals surface area contributed by atoms with Crippen LogP contribution in [-0.2, 0) is 33.4 Å². The van der Waals surface area contributed by atoms with Gasteiger partial charge in [0.1, 0.15) is 4.75 Å². The first-order valence-corrected chi connectivity index (χ1v) is 13.9. The van der Waals surface area contributed by atoms with Crippen molar-refractivity contribution in [3.8, 4) is 0 Å². The Morgan fingerprint density at radius 1 is 1.04 bits per heavy atom. The zero-order valence-electron chi connectivity index (χ0n) is 16.1. The van der Waals surface area contributed by atoms with Crippen LogP contribution >= 0.6 is 11.8 Å². The Bertz CT molecular complexity index is 812. The third-order valence-electron chi connectivity index (χ3n) is 5.86. The van der Waals surface area contributed by atoms with Crippen LogP contribution in [0.3, 0.4) is 0 Å². The predicted molar refractivity (Wildman–Crippen MR) is 107 cm³/mol. The Kier molecular flexibility index (Phi) is 6.60. The fourth-order valence-electron chi connectivity index (χ4n) is 4.60. The molecule has 2 aliphatic carbocycles. The molecule has 28 heavy (non-hydrogen) atoms. The van der Waals surface area contributed by atoms with E-state index in [0.29, 0.717) is 11.8 Å². The maximum atomic E-state index is 12.7. The number of carbonyl (C=O) groups is 1. The summed E-state index contributed by atoms with van der Waals surface area (Å²) in [6, 6.07) is 0. The van der Waals surface area contributed by atoms with Crippen LogP contribution in [0.25, 0.3) is 0 Å². The SMILES string of the molecule is CS(=O)(=O)OCCC1(CCOS(C)(=O)=O)SC(CC2CC3CCC2C3)=NC1=O.